The fourth-order valence-corrected chi connectivity index (χ4v) is 4.81. The van der Waals surface area contributed by atoms with Crippen LogP contribution in [-0.2, 0) is 11.3 Å². The minimum Gasteiger partial charge on any atom is -0.350 e. The van der Waals surface area contributed by atoms with Gasteiger partial charge in [0.15, 0.2) is 0 Å². The van der Waals surface area contributed by atoms with Crippen LogP contribution in [0.4, 0.5) is 5.69 Å². The van der Waals surface area contributed by atoms with Crippen molar-refractivity contribution in [3.63, 3.8) is 0 Å². The van der Waals surface area contributed by atoms with Crippen LogP contribution in [0, 0.1) is 13.8 Å². The first-order valence-electron chi connectivity index (χ1n) is 11.0. The number of anilines is 1. The monoisotopic (exact) mass is 535 g/mol. The Labute approximate surface area is 212 Å². The highest BCUT2D eigenvalue weighted by Crippen LogP contribution is 2.30. The molecule has 0 saturated heterocycles. The van der Waals surface area contributed by atoms with Crippen molar-refractivity contribution < 1.29 is 9.59 Å². The molecule has 0 saturated carbocycles. The van der Waals surface area contributed by atoms with Crippen LogP contribution in [0.2, 0.25) is 0 Å². The van der Waals surface area contributed by atoms with Crippen molar-refractivity contribution in [2.45, 2.75) is 25.3 Å². The Bertz CT molecular complexity index is 1330. The number of para-hydroxylation sites is 1. The van der Waals surface area contributed by atoms with Crippen molar-refractivity contribution in [2.75, 3.05) is 17.6 Å². The average Bonchev–Trinajstić information content (AvgIpc) is 3.18. The summed E-state index contributed by atoms with van der Waals surface area (Å²) in [5, 5.41) is 7.05. The van der Waals surface area contributed by atoms with E-state index in [4.69, 9.17) is 0 Å². The van der Waals surface area contributed by atoms with E-state index in [0.29, 0.717) is 24.4 Å². The van der Waals surface area contributed by atoms with Gasteiger partial charge in [-0.3, -0.25) is 9.59 Å². The minimum absolute atomic E-state index is 0.0511. The van der Waals surface area contributed by atoms with Crippen LogP contribution in [0.15, 0.2) is 82.3 Å². The van der Waals surface area contributed by atoms with Crippen LogP contribution in [0.3, 0.4) is 0 Å². The predicted octanol–water partition coefficient (Wildman–Crippen LogP) is 6.18. The van der Waals surface area contributed by atoms with Gasteiger partial charge in [-0.05, 0) is 67.4 Å². The first-order valence-corrected chi connectivity index (χ1v) is 12.8. The lowest BCUT2D eigenvalue weighted by molar-refractivity contribution is -0.113. The molecule has 0 spiro atoms. The number of aryl methyl sites for hydroxylation is 2. The molecule has 0 bridgehead atoms. The molecule has 5 nitrogen and oxygen atoms in total. The second-order valence-electron chi connectivity index (χ2n) is 8.10. The van der Waals surface area contributed by atoms with Gasteiger partial charge in [0.25, 0.3) is 5.91 Å². The van der Waals surface area contributed by atoms with E-state index in [-0.39, 0.29) is 11.8 Å². The van der Waals surface area contributed by atoms with Crippen molar-refractivity contribution in [3.8, 4) is 0 Å². The zero-order valence-electron chi connectivity index (χ0n) is 19.1. The minimum atomic E-state index is -0.0706. The van der Waals surface area contributed by atoms with Gasteiger partial charge in [-0.25, -0.2) is 0 Å². The third-order valence-corrected chi connectivity index (χ3v) is 7.22. The highest BCUT2D eigenvalue weighted by Gasteiger charge is 2.12. The largest absolute Gasteiger partial charge is 0.350 e. The summed E-state index contributed by atoms with van der Waals surface area (Å²) in [5.74, 6) is 0.191. The summed E-state index contributed by atoms with van der Waals surface area (Å²) in [6, 6.07) is 21.4. The molecular weight excluding hydrogens is 510 g/mol. The standard InChI is InChI=1S/C27H26BrN3O2S/c1-18-7-8-20(15-19(18)2)27(33)29-13-14-31-16-25(23-5-3-4-6-24(23)31)34-17-26(32)30-22-11-9-21(28)10-12-22/h3-12,15-16H,13-14,17H2,1-2H3,(H,29,33)(H,30,32). The number of benzene rings is 3. The Hall–Kier alpha value is -3.03. The first-order chi connectivity index (χ1) is 16.4. The molecule has 174 valence electrons. The van der Waals surface area contributed by atoms with Crippen molar-refractivity contribution in [1.29, 1.82) is 0 Å². The lowest BCUT2D eigenvalue weighted by Crippen LogP contribution is -2.27. The van der Waals surface area contributed by atoms with Gasteiger partial charge >= 0.3 is 0 Å². The van der Waals surface area contributed by atoms with Crippen LogP contribution >= 0.6 is 27.7 Å². The van der Waals surface area contributed by atoms with Gasteiger partial charge < -0.3 is 15.2 Å². The van der Waals surface area contributed by atoms with Gasteiger partial charge in [0.2, 0.25) is 5.91 Å². The van der Waals surface area contributed by atoms with Gasteiger partial charge in [-0.15, -0.1) is 11.8 Å². The molecule has 2 amide bonds. The van der Waals surface area contributed by atoms with Crippen LogP contribution in [0.5, 0.6) is 0 Å². The quantitative estimate of drug-likeness (QED) is 0.265. The molecule has 0 unspecified atom stereocenters. The van der Waals surface area contributed by atoms with E-state index in [1.165, 1.54) is 17.3 Å². The summed E-state index contributed by atoms with van der Waals surface area (Å²) in [6.45, 7) is 5.20. The molecule has 0 aliphatic carbocycles. The van der Waals surface area contributed by atoms with Gasteiger partial charge in [0.1, 0.15) is 0 Å². The van der Waals surface area contributed by atoms with Crippen LogP contribution in [-0.4, -0.2) is 28.7 Å². The van der Waals surface area contributed by atoms with E-state index in [1.807, 2.05) is 68.4 Å². The Kier molecular flexibility index (Phi) is 7.75. The Morgan fingerprint density at radius 3 is 2.50 bits per heavy atom. The van der Waals surface area contributed by atoms with E-state index in [2.05, 4.69) is 49.5 Å². The number of fused-ring (bicyclic) bond motifs is 1. The van der Waals surface area contributed by atoms with Crippen molar-refractivity contribution >= 4 is 56.1 Å². The van der Waals surface area contributed by atoms with Crippen LogP contribution in [0.1, 0.15) is 21.5 Å². The predicted molar refractivity (Wildman–Crippen MR) is 144 cm³/mol. The number of nitrogens with zero attached hydrogens (tertiary/aromatic N) is 1. The number of thioether (sulfide) groups is 1. The molecule has 4 aromatic rings. The maximum atomic E-state index is 12.5. The van der Waals surface area contributed by atoms with E-state index >= 15 is 0 Å². The molecule has 0 fully saturated rings. The lowest BCUT2D eigenvalue weighted by Gasteiger charge is -2.09. The zero-order chi connectivity index (χ0) is 24.1. The Balaban J connectivity index is 1.38. The number of hydrogen-bond acceptors (Lipinski definition) is 3. The summed E-state index contributed by atoms with van der Waals surface area (Å²) >= 11 is 4.91. The number of carbonyl (C=O) groups excluding carboxylic acids is 2. The maximum absolute atomic E-state index is 12.5. The number of hydrogen-bond donors (Lipinski definition) is 2. The van der Waals surface area contributed by atoms with Crippen molar-refractivity contribution in [3.05, 3.63) is 94.1 Å². The molecule has 1 heterocycles. The van der Waals surface area contributed by atoms with Gasteiger partial charge in [0.05, 0.1) is 5.75 Å². The number of halogens is 1. The second kappa shape index (κ2) is 10.9. The summed E-state index contributed by atoms with van der Waals surface area (Å²) < 4.78 is 3.10. The topological polar surface area (TPSA) is 63.1 Å². The summed E-state index contributed by atoms with van der Waals surface area (Å²) in [6.07, 6.45) is 2.06. The summed E-state index contributed by atoms with van der Waals surface area (Å²) in [7, 11) is 0. The number of carbonyl (C=O) groups is 2. The third-order valence-electron chi connectivity index (χ3n) is 5.65. The van der Waals surface area contributed by atoms with Gasteiger partial charge in [0, 0.05) is 50.8 Å². The van der Waals surface area contributed by atoms with E-state index < -0.39 is 0 Å². The molecule has 3 aromatic carbocycles. The normalized spacial score (nSPS) is 10.9. The first kappa shape index (κ1) is 24.1. The van der Waals surface area contributed by atoms with E-state index in [0.717, 1.165) is 31.5 Å². The molecule has 0 aliphatic rings. The number of aromatic nitrogens is 1. The molecule has 34 heavy (non-hydrogen) atoms. The van der Waals surface area contributed by atoms with Crippen molar-refractivity contribution in [1.82, 2.24) is 9.88 Å². The smallest absolute Gasteiger partial charge is 0.251 e. The SMILES string of the molecule is Cc1ccc(C(=O)NCCn2cc(SCC(=O)Nc3ccc(Br)cc3)c3ccccc32)cc1C. The van der Waals surface area contributed by atoms with E-state index in [9.17, 15) is 9.59 Å². The molecule has 0 aliphatic heterocycles. The fourth-order valence-electron chi connectivity index (χ4n) is 3.66. The maximum Gasteiger partial charge on any atom is 0.251 e. The average molecular weight is 536 g/mol. The van der Waals surface area contributed by atoms with Crippen LogP contribution < -0.4 is 10.6 Å². The second-order valence-corrected chi connectivity index (χ2v) is 10.0. The Morgan fingerprint density at radius 2 is 1.74 bits per heavy atom. The molecule has 4 rings (SSSR count). The number of nitrogens with one attached hydrogen (secondary N) is 2. The summed E-state index contributed by atoms with van der Waals surface area (Å²) in [4.78, 5) is 26.0. The van der Waals surface area contributed by atoms with Crippen molar-refractivity contribution in [2.24, 2.45) is 0 Å². The highest BCUT2D eigenvalue weighted by atomic mass is 79.9. The number of amides is 2. The lowest BCUT2D eigenvalue weighted by atomic mass is 10.1. The van der Waals surface area contributed by atoms with E-state index in [1.54, 1.807) is 0 Å². The third kappa shape index (κ3) is 5.90. The molecule has 7 heteroatoms. The number of rotatable bonds is 8. The molecule has 0 radical (unpaired) electrons. The Morgan fingerprint density at radius 1 is 0.971 bits per heavy atom. The molecular formula is C27H26BrN3O2S. The molecule has 1 aromatic heterocycles. The molecule has 0 atom stereocenters. The van der Waals surface area contributed by atoms with Gasteiger partial charge in [-0.1, -0.05) is 40.2 Å². The molecule has 2 N–H and O–H groups in total. The zero-order valence-corrected chi connectivity index (χ0v) is 21.5. The summed E-state index contributed by atoms with van der Waals surface area (Å²) in [5.41, 5.74) is 4.81. The van der Waals surface area contributed by atoms with Gasteiger partial charge in [-0.2, -0.15) is 0 Å². The highest BCUT2D eigenvalue weighted by molar-refractivity contribution is 9.10. The van der Waals surface area contributed by atoms with Crippen LogP contribution in [0.25, 0.3) is 10.9 Å². The fraction of sp³-hybridized carbons (Fsp3) is 0.185.